The molecule has 0 spiro atoms. The fourth-order valence-electron chi connectivity index (χ4n) is 3.61. The van der Waals surface area contributed by atoms with Crippen LogP contribution in [0.5, 0.6) is 0 Å². The van der Waals surface area contributed by atoms with Gasteiger partial charge in [-0.15, -0.1) is 0 Å². The number of hydrogen-bond acceptors (Lipinski definition) is 1. The Morgan fingerprint density at radius 3 is 2.76 bits per heavy atom. The van der Waals surface area contributed by atoms with Crippen molar-refractivity contribution in [3.8, 4) is 0 Å². The van der Waals surface area contributed by atoms with Crippen molar-refractivity contribution in [2.75, 3.05) is 0 Å². The highest BCUT2D eigenvalue weighted by atomic mass is 16.4. The summed E-state index contributed by atoms with van der Waals surface area (Å²) in [5.41, 5.74) is 1.83. The normalized spacial score (nSPS) is 36.9. The molecule has 0 heterocycles. The molecule has 0 aromatic heterocycles. The first kappa shape index (κ1) is 12.4. The van der Waals surface area contributed by atoms with Crippen LogP contribution in [0.2, 0.25) is 0 Å². The Morgan fingerprint density at radius 2 is 2.12 bits per heavy atom. The zero-order valence-electron chi connectivity index (χ0n) is 10.8. The van der Waals surface area contributed by atoms with Gasteiger partial charge in [-0.25, -0.2) is 4.79 Å². The van der Waals surface area contributed by atoms with Crippen LogP contribution in [0.4, 0.5) is 0 Å². The van der Waals surface area contributed by atoms with Crippen LogP contribution in [-0.2, 0) is 4.79 Å². The van der Waals surface area contributed by atoms with Gasteiger partial charge in [0.1, 0.15) is 0 Å². The van der Waals surface area contributed by atoms with Gasteiger partial charge in [0.15, 0.2) is 0 Å². The topological polar surface area (TPSA) is 37.3 Å². The van der Waals surface area contributed by atoms with Gasteiger partial charge in [0.05, 0.1) is 0 Å². The molecule has 0 aliphatic heterocycles. The van der Waals surface area contributed by atoms with Gasteiger partial charge in [-0.05, 0) is 56.3 Å². The summed E-state index contributed by atoms with van der Waals surface area (Å²) in [4.78, 5) is 11.1. The number of carbonyl (C=O) groups is 1. The van der Waals surface area contributed by atoms with Crippen LogP contribution in [0.15, 0.2) is 23.8 Å². The van der Waals surface area contributed by atoms with Crippen molar-refractivity contribution in [2.45, 2.75) is 39.5 Å². The van der Waals surface area contributed by atoms with Gasteiger partial charge >= 0.3 is 5.97 Å². The van der Waals surface area contributed by atoms with E-state index in [4.69, 9.17) is 5.11 Å². The number of aliphatic carboxylic acids is 1. The van der Waals surface area contributed by atoms with E-state index in [0.717, 1.165) is 18.8 Å². The first-order chi connectivity index (χ1) is 8.00. The Hall–Kier alpha value is -1.05. The quantitative estimate of drug-likeness (QED) is 0.585. The van der Waals surface area contributed by atoms with Crippen LogP contribution in [0.25, 0.3) is 0 Å². The van der Waals surface area contributed by atoms with E-state index >= 15 is 0 Å². The predicted octanol–water partition coefficient (Wildman–Crippen LogP) is 3.65. The first-order valence-corrected chi connectivity index (χ1v) is 6.60. The van der Waals surface area contributed by atoms with Gasteiger partial charge in [0.25, 0.3) is 0 Å². The lowest BCUT2D eigenvalue weighted by molar-refractivity contribution is -0.133. The summed E-state index contributed by atoms with van der Waals surface area (Å²) in [5.74, 6) is 1.13. The maximum atomic E-state index is 11.1. The number of carboxylic acid groups (broad SMARTS) is 1. The van der Waals surface area contributed by atoms with Crippen molar-refractivity contribution in [1.82, 2.24) is 0 Å². The second-order valence-corrected chi connectivity index (χ2v) is 5.78. The van der Waals surface area contributed by atoms with Crippen molar-refractivity contribution in [3.63, 3.8) is 0 Å². The van der Waals surface area contributed by atoms with Crippen molar-refractivity contribution < 1.29 is 9.90 Å². The van der Waals surface area contributed by atoms with Gasteiger partial charge in [-0.2, -0.15) is 0 Å². The second kappa shape index (κ2) is 4.67. The maximum Gasteiger partial charge on any atom is 0.331 e. The van der Waals surface area contributed by atoms with Crippen molar-refractivity contribution in [3.05, 3.63) is 23.8 Å². The molecule has 1 saturated carbocycles. The molecule has 0 aromatic rings. The molecule has 4 atom stereocenters. The highest BCUT2D eigenvalue weighted by Gasteiger charge is 2.39. The van der Waals surface area contributed by atoms with E-state index in [0.29, 0.717) is 17.4 Å². The van der Waals surface area contributed by atoms with Gasteiger partial charge in [0.2, 0.25) is 0 Å². The Bertz CT molecular complexity index is 367. The SMILES string of the molecule is C=C(C(=O)O)[C@@H]1CC[C@@H](C)C2CCC(C)=CC21. The minimum atomic E-state index is -0.820. The summed E-state index contributed by atoms with van der Waals surface area (Å²) in [7, 11) is 0. The molecule has 2 nitrogen and oxygen atoms in total. The van der Waals surface area contributed by atoms with Crippen molar-refractivity contribution in [1.29, 1.82) is 0 Å². The van der Waals surface area contributed by atoms with E-state index in [-0.39, 0.29) is 5.92 Å². The standard InChI is InChI=1S/C15H22O2/c1-9-4-6-12-10(2)5-7-13(14(12)8-9)11(3)15(16)17/h8,10,12-14H,3-7H2,1-2H3,(H,16,17)/t10-,12?,13+,14?/m1/s1. The molecule has 1 fully saturated rings. The Kier molecular flexibility index (Phi) is 3.41. The molecule has 2 aliphatic carbocycles. The number of allylic oxidation sites excluding steroid dienone is 2. The summed E-state index contributed by atoms with van der Waals surface area (Å²) in [6.45, 7) is 8.26. The molecule has 0 bridgehead atoms. The molecule has 0 radical (unpaired) electrons. The van der Waals surface area contributed by atoms with Crippen LogP contribution in [0.3, 0.4) is 0 Å². The smallest absolute Gasteiger partial charge is 0.331 e. The van der Waals surface area contributed by atoms with E-state index < -0.39 is 5.97 Å². The molecular formula is C15H22O2. The van der Waals surface area contributed by atoms with E-state index in [1.54, 1.807) is 0 Å². The molecule has 2 unspecified atom stereocenters. The lowest BCUT2D eigenvalue weighted by atomic mass is 9.61. The molecule has 2 heteroatoms. The van der Waals surface area contributed by atoms with Gasteiger partial charge < -0.3 is 5.11 Å². The largest absolute Gasteiger partial charge is 0.478 e. The van der Waals surface area contributed by atoms with Gasteiger partial charge in [0, 0.05) is 5.57 Å². The van der Waals surface area contributed by atoms with E-state index in [9.17, 15) is 4.79 Å². The van der Waals surface area contributed by atoms with Crippen LogP contribution >= 0.6 is 0 Å². The summed E-state index contributed by atoms with van der Waals surface area (Å²) in [6, 6.07) is 0. The number of carboxylic acids is 1. The Balaban J connectivity index is 2.26. The summed E-state index contributed by atoms with van der Waals surface area (Å²) < 4.78 is 0. The van der Waals surface area contributed by atoms with Crippen LogP contribution in [-0.4, -0.2) is 11.1 Å². The molecular weight excluding hydrogens is 212 g/mol. The number of hydrogen-bond donors (Lipinski definition) is 1. The Morgan fingerprint density at radius 1 is 1.41 bits per heavy atom. The zero-order chi connectivity index (χ0) is 12.6. The average Bonchev–Trinajstić information content (AvgIpc) is 2.28. The molecule has 0 amide bonds. The molecule has 2 aliphatic rings. The second-order valence-electron chi connectivity index (χ2n) is 5.78. The zero-order valence-corrected chi connectivity index (χ0v) is 10.8. The average molecular weight is 234 g/mol. The Labute approximate surface area is 103 Å². The minimum Gasteiger partial charge on any atom is -0.478 e. The van der Waals surface area contributed by atoms with E-state index in [1.165, 1.54) is 18.4 Å². The first-order valence-electron chi connectivity index (χ1n) is 6.60. The summed E-state index contributed by atoms with van der Waals surface area (Å²) in [6.07, 6.45) is 6.85. The lowest BCUT2D eigenvalue weighted by Gasteiger charge is -2.43. The highest BCUT2D eigenvalue weighted by Crippen LogP contribution is 2.47. The third-order valence-electron chi connectivity index (χ3n) is 4.69. The van der Waals surface area contributed by atoms with Crippen LogP contribution in [0, 0.1) is 23.7 Å². The fraction of sp³-hybridized carbons (Fsp3) is 0.667. The summed E-state index contributed by atoms with van der Waals surface area (Å²) in [5, 5.41) is 9.14. The number of fused-ring (bicyclic) bond motifs is 1. The van der Waals surface area contributed by atoms with Crippen molar-refractivity contribution >= 4 is 5.97 Å². The lowest BCUT2D eigenvalue weighted by Crippen LogP contribution is -2.36. The third-order valence-corrected chi connectivity index (χ3v) is 4.69. The monoisotopic (exact) mass is 234 g/mol. The molecule has 0 aromatic carbocycles. The molecule has 17 heavy (non-hydrogen) atoms. The maximum absolute atomic E-state index is 11.1. The van der Waals surface area contributed by atoms with Gasteiger partial charge in [-0.3, -0.25) is 0 Å². The highest BCUT2D eigenvalue weighted by molar-refractivity contribution is 5.86. The predicted molar refractivity (Wildman–Crippen MR) is 68.6 cm³/mol. The van der Waals surface area contributed by atoms with Crippen LogP contribution in [0.1, 0.15) is 39.5 Å². The molecule has 1 N–H and O–H groups in total. The van der Waals surface area contributed by atoms with Gasteiger partial charge in [-0.1, -0.05) is 25.2 Å². The number of rotatable bonds is 2. The molecule has 0 saturated heterocycles. The molecule has 94 valence electrons. The minimum absolute atomic E-state index is 0.156. The van der Waals surface area contributed by atoms with Crippen LogP contribution < -0.4 is 0 Å². The van der Waals surface area contributed by atoms with E-state index in [1.807, 2.05) is 0 Å². The van der Waals surface area contributed by atoms with Crippen molar-refractivity contribution in [2.24, 2.45) is 23.7 Å². The third kappa shape index (κ3) is 2.31. The van der Waals surface area contributed by atoms with E-state index in [2.05, 4.69) is 26.5 Å². The fourth-order valence-corrected chi connectivity index (χ4v) is 3.61. The summed E-state index contributed by atoms with van der Waals surface area (Å²) >= 11 is 0. The molecule has 2 rings (SSSR count).